The summed E-state index contributed by atoms with van der Waals surface area (Å²) >= 11 is 0. The maximum absolute atomic E-state index is 12.1. The van der Waals surface area contributed by atoms with Gasteiger partial charge in [-0.05, 0) is 38.5 Å². The van der Waals surface area contributed by atoms with Crippen LogP contribution in [0.15, 0.2) is 12.2 Å². The fraction of sp³-hybridized carbons (Fsp3) is 0.821. The molecule has 0 aliphatic carbocycles. The summed E-state index contributed by atoms with van der Waals surface area (Å²) in [6, 6.07) is 0. The second-order valence-corrected chi connectivity index (χ2v) is 11.0. The van der Waals surface area contributed by atoms with Crippen molar-refractivity contribution in [2.45, 2.75) is 122 Å². The fourth-order valence-corrected chi connectivity index (χ4v) is 4.44. The second-order valence-electron chi connectivity index (χ2n) is 9.57. The minimum absolute atomic E-state index is 0.0153. The van der Waals surface area contributed by atoms with Crippen molar-refractivity contribution in [2.75, 3.05) is 26.4 Å². The minimum atomic E-state index is -4.39. The van der Waals surface area contributed by atoms with Gasteiger partial charge in [-0.2, -0.15) is 0 Å². The molecule has 0 amide bonds. The molecule has 0 heterocycles. The van der Waals surface area contributed by atoms with Crippen LogP contribution in [0.5, 0.6) is 0 Å². The normalized spacial score (nSPS) is 13.7. The van der Waals surface area contributed by atoms with Crippen molar-refractivity contribution < 1.29 is 42.4 Å². The van der Waals surface area contributed by atoms with Crippen molar-refractivity contribution in [3.05, 3.63) is 12.2 Å². The molecule has 0 saturated heterocycles. The summed E-state index contributed by atoms with van der Waals surface area (Å²) in [6.07, 6.45) is 20.0. The van der Waals surface area contributed by atoms with Gasteiger partial charge in [-0.15, -0.1) is 0 Å². The summed E-state index contributed by atoms with van der Waals surface area (Å²) in [6.45, 7) is 1.25. The Morgan fingerprint density at radius 3 is 2.00 bits per heavy atom. The van der Waals surface area contributed by atoms with Crippen LogP contribution in [-0.2, 0) is 37.5 Å². The van der Waals surface area contributed by atoms with Gasteiger partial charge in [-0.3, -0.25) is 18.6 Å². The molecular formula is C28H52NO9P. The molecular weight excluding hydrogens is 525 g/mol. The molecule has 39 heavy (non-hydrogen) atoms. The zero-order valence-electron chi connectivity index (χ0n) is 23.9. The lowest BCUT2D eigenvalue weighted by Crippen LogP contribution is -2.29. The molecule has 0 bridgehead atoms. The first-order valence-corrected chi connectivity index (χ1v) is 16.1. The number of esters is 2. The summed E-state index contributed by atoms with van der Waals surface area (Å²) in [5.41, 5.74) is 5.24. The molecule has 0 aliphatic heterocycles. The number of hydrogen-bond acceptors (Lipinski definition) is 9. The van der Waals surface area contributed by atoms with E-state index >= 15 is 0 Å². The highest BCUT2D eigenvalue weighted by Crippen LogP contribution is 2.43. The lowest BCUT2D eigenvalue weighted by Gasteiger charge is -2.19. The van der Waals surface area contributed by atoms with E-state index in [2.05, 4.69) is 23.6 Å². The number of carbonyl (C=O) groups is 3. The number of phosphoric ester groups is 1. The summed E-state index contributed by atoms with van der Waals surface area (Å²) in [5.74, 6) is -1.07. The largest absolute Gasteiger partial charge is 0.472 e. The van der Waals surface area contributed by atoms with Gasteiger partial charge >= 0.3 is 19.8 Å². The predicted molar refractivity (Wildman–Crippen MR) is 151 cm³/mol. The number of phosphoric acid groups is 1. The van der Waals surface area contributed by atoms with Gasteiger partial charge in [0.2, 0.25) is 0 Å². The lowest BCUT2D eigenvalue weighted by atomic mass is 10.1. The van der Waals surface area contributed by atoms with E-state index in [1.807, 2.05) is 0 Å². The Labute approximate surface area is 235 Å². The average molecular weight is 578 g/mol. The van der Waals surface area contributed by atoms with Crippen molar-refractivity contribution >= 4 is 26.0 Å². The predicted octanol–water partition coefficient (Wildman–Crippen LogP) is 5.94. The van der Waals surface area contributed by atoms with Crippen LogP contribution < -0.4 is 5.73 Å². The molecule has 0 radical (unpaired) electrons. The Kier molecular flexibility index (Phi) is 25.6. The number of rotatable bonds is 28. The molecule has 228 valence electrons. The summed E-state index contributed by atoms with van der Waals surface area (Å²) in [5, 5.41) is 0. The van der Waals surface area contributed by atoms with E-state index in [0.717, 1.165) is 32.1 Å². The molecule has 0 aromatic heterocycles. The number of carbonyl (C=O) groups excluding carboxylic acids is 3. The smallest absolute Gasteiger partial charge is 0.462 e. The van der Waals surface area contributed by atoms with Gasteiger partial charge in [0.15, 0.2) is 6.10 Å². The first-order valence-electron chi connectivity index (χ1n) is 14.6. The average Bonchev–Trinajstić information content (AvgIpc) is 2.91. The molecule has 10 nitrogen and oxygen atoms in total. The molecule has 0 aromatic rings. The molecule has 0 aliphatic rings. The lowest BCUT2D eigenvalue weighted by molar-refractivity contribution is -0.161. The highest BCUT2D eigenvalue weighted by Gasteiger charge is 2.25. The maximum Gasteiger partial charge on any atom is 0.472 e. The molecule has 0 aromatic carbocycles. The first-order chi connectivity index (χ1) is 18.8. The van der Waals surface area contributed by atoms with E-state index in [0.29, 0.717) is 19.1 Å². The zero-order valence-corrected chi connectivity index (χ0v) is 24.8. The van der Waals surface area contributed by atoms with Crippen LogP contribution in [0.4, 0.5) is 0 Å². The standard InChI is InChI=1S/C28H52NO9P/c1-2-3-4-5-6-7-8-9-10-11-12-13-14-15-16-19-27(31)35-24-26(38-28(32)20-17-18-22-30)25-37-39(33,34)36-23-21-29/h9-10,22,26H,2-8,11-21,23-25,29H2,1H3,(H,33,34)/b10-9-/t26-/m1/s1. The van der Waals surface area contributed by atoms with Crippen molar-refractivity contribution in [3.63, 3.8) is 0 Å². The van der Waals surface area contributed by atoms with Crippen molar-refractivity contribution in [1.82, 2.24) is 0 Å². The molecule has 11 heteroatoms. The molecule has 1 unspecified atom stereocenters. The summed E-state index contributed by atoms with van der Waals surface area (Å²) in [7, 11) is -4.39. The molecule has 0 rings (SSSR count). The van der Waals surface area contributed by atoms with Gasteiger partial charge in [0.25, 0.3) is 0 Å². The van der Waals surface area contributed by atoms with Crippen LogP contribution in [-0.4, -0.2) is 55.6 Å². The first kappa shape index (κ1) is 37.4. The molecule has 2 atom stereocenters. The second kappa shape index (κ2) is 26.6. The van der Waals surface area contributed by atoms with Gasteiger partial charge < -0.3 is 24.9 Å². The third-order valence-corrected chi connectivity index (χ3v) is 6.85. The Bertz CT molecular complexity index is 703. The van der Waals surface area contributed by atoms with Gasteiger partial charge in [-0.25, -0.2) is 4.57 Å². The Balaban J connectivity index is 4.10. The van der Waals surface area contributed by atoms with Crippen LogP contribution in [0.25, 0.3) is 0 Å². The Morgan fingerprint density at radius 1 is 0.795 bits per heavy atom. The quantitative estimate of drug-likeness (QED) is 0.0376. The number of aldehydes is 1. The molecule has 0 saturated carbocycles. The molecule has 0 spiro atoms. The minimum Gasteiger partial charge on any atom is -0.462 e. The van der Waals surface area contributed by atoms with E-state index in [9.17, 15) is 23.8 Å². The number of ether oxygens (including phenoxy) is 2. The highest BCUT2D eigenvalue weighted by atomic mass is 31.2. The number of unbranched alkanes of at least 4 members (excludes halogenated alkanes) is 12. The van der Waals surface area contributed by atoms with E-state index in [-0.39, 0.29) is 39.0 Å². The maximum atomic E-state index is 12.1. The van der Waals surface area contributed by atoms with Crippen molar-refractivity contribution in [3.8, 4) is 0 Å². The number of allylic oxidation sites excluding steroid dienone is 2. The topological polar surface area (TPSA) is 151 Å². The summed E-state index contributed by atoms with van der Waals surface area (Å²) < 4.78 is 31.7. The van der Waals surface area contributed by atoms with Gasteiger partial charge in [-0.1, -0.05) is 70.4 Å². The van der Waals surface area contributed by atoms with Crippen LogP contribution in [0, 0.1) is 0 Å². The van der Waals surface area contributed by atoms with E-state index in [1.54, 1.807) is 0 Å². The van der Waals surface area contributed by atoms with Crippen LogP contribution in [0.1, 0.15) is 116 Å². The van der Waals surface area contributed by atoms with Crippen LogP contribution in [0.3, 0.4) is 0 Å². The van der Waals surface area contributed by atoms with E-state index < -0.39 is 32.5 Å². The number of nitrogens with two attached hydrogens (primary N) is 1. The fourth-order valence-electron chi connectivity index (χ4n) is 3.67. The molecule has 0 fully saturated rings. The third kappa shape index (κ3) is 26.4. The van der Waals surface area contributed by atoms with E-state index in [1.165, 1.54) is 44.9 Å². The van der Waals surface area contributed by atoms with Crippen molar-refractivity contribution in [1.29, 1.82) is 0 Å². The van der Waals surface area contributed by atoms with E-state index in [4.69, 9.17) is 19.7 Å². The summed E-state index contributed by atoms with van der Waals surface area (Å²) in [4.78, 5) is 44.2. The van der Waals surface area contributed by atoms with Gasteiger partial charge in [0, 0.05) is 25.8 Å². The monoisotopic (exact) mass is 577 g/mol. The van der Waals surface area contributed by atoms with Gasteiger partial charge in [0.1, 0.15) is 12.9 Å². The Hall–Kier alpha value is -1.58. The number of hydrogen-bond donors (Lipinski definition) is 2. The zero-order chi connectivity index (χ0) is 29.0. The third-order valence-electron chi connectivity index (χ3n) is 5.87. The van der Waals surface area contributed by atoms with Crippen LogP contribution >= 0.6 is 7.82 Å². The van der Waals surface area contributed by atoms with Crippen molar-refractivity contribution in [2.24, 2.45) is 5.73 Å². The SMILES string of the molecule is CCCCCCCC/C=C\CCCCCCCC(=O)OC[C@H](COP(=O)(O)OCCN)OC(=O)CCCC=O. The highest BCUT2D eigenvalue weighted by molar-refractivity contribution is 7.47. The molecule has 3 N–H and O–H groups in total. The van der Waals surface area contributed by atoms with Crippen LogP contribution in [0.2, 0.25) is 0 Å². The Morgan fingerprint density at radius 2 is 1.38 bits per heavy atom. The van der Waals surface area contributed by atoms with Gasteiger partial charge in [0.05, 0.1) is 13.2 Å².